The summed E-state index contributed by atoms with van der Waals surface area (Å²) < 4.78 is 18.4. The fraction of sp³-hybridized carbons (Fsp3) is 0.591. The average Bonchev–Trinajstić information content (AvgIpc) is 3.15. The Morgan fingerprint density at radius 1 is 1.17 bits per heavy atom. The summed E-state index contributed by atoms with van der Waals surface area (Å²) in [4.78, 5) is 19.3. The molecule has 2 aromatic rings. The molecule has 6 nitrogen and oxygen atoms in total. The summed E-state index contributed by atoms with van der Waals surface area (Å²) in [6, 6.07) is 6.24. The fourth-order valence-electron chi connectivity index (χ4n) is 3.97. The molecule has 1 N–H and O–H groups in total. The molecule has 0 bridgehead atoms. The van der Waals surface area contributed by atoms with Crippen molar-refractivity contribution >= 4 is 5.91 Å². The summed E-state index contributed by atoms with van der Waals surface area (Å²) in [5, 5.41) is 7.24. The lowest BCUT2D eigenvalue weighted by Crippen LogP contribution is -2.47. The topological polar surface area (TPSA) is 71.3 Å². The summed E-state index contributed by atoms with van der Waals surface area (Å²) in [5.74, 6) is 1.78. The van der Waals surface area contributed by atoms with Crippen LogP contribution in [0.15, 0.2) is 28.8 Å². The van der Waals surface area contributed by atoms with Gasteiger partial charge in [0.05, 0.1) is 6.54 Å². The Balaban J connectivity index is 1.50. The highest BCUT2D eigenvalue weighted by atomic mass is 19.1. The highest BCUT2D eigenvalue weighted by Crippen LogP contribution is 2.22. The molecule has 158 valence electrons. The van der Waals surface area contributed by atoms with Crippen LogP contribution in [0.5, 0.6) is 0 Å². The van der Waals surface area contributed by atoms with E-state index in [-0.39, 0.29) is 23.7 Å². The van der Waals surface area contributed by atoms with E-state index < -0.39 is 0 Å². The summed E-state index contributed by atoms with van der Waals surface area (Å²) in [7, 11) is 0. The first-order chi connectivity index (χ1) is 13.8. The van der Waals surface area contributed by atoms with Crippen LogP contribution in [0.1, 0.15) is 46.4 Å². The minimum absolute atomic E-state index is 0.0590. The number of likely N-dealkylation sites (tertiary alicyclic amines) is 1. The number of nitrogens with zero attached hydrogens (tertiary/aromatic N) is 3. The molecular weight excluding hydrogens is 371 g/mol. The monoisotopic (exact) mass is 402 g/mol. The third kappa shape index (κ3) is 5.63. The van der Waals surface area contributed by atoms with E-state index in [9.17, 15) is 9.18 Å². The van der Waals surface area contributed by atoms with Crippen LogP contribution in [0.4, 0.5) is 4.39 Å². The Morgan fingerprint density at radius 3 is 2.38 bits per heavy atom. The minimum atomic E-state index is -0.294. The second-order valence-corrected chi connectivity index (χ2v) is 8.59. The van der Waals surface area contributed by atoms with Crippen LogP contribution in [-0.2, 0) is 11.3 Å². The molecule has 3 rings (SSSR count). The second kappa shape index (κ2) is 9.48. The van der Waals surface area contributed by atoms with Gasteiger partial charge in [-0.15, -0.1) is 0 Å². The summed E-state index contributed by atoms with van der Waals surface area (Å²) in [6.07, 6.45) is 1.65. The zero-order chi connectivity index (χ0) is 21.0. The molecular formula is C22H31FN4O2. The van der Waals surface area contributed by atoms with Gasteiger partial charge < -0.3 is 9.84 Å². The molecule has 1 aliphatic rings. The van der Waals surface area contributed by atoms with Crippen LogP contribution in [0, 0.1) is 23.6 Å². The smallest absolute Gasteiger partial charge is 0.241 e. The number of benzene rings is 1. The van der Waals surface area contributed by atoms with Crippen LogP contribution in [0.2, 0.25) is 0 Å². The first-order valence-corrected chi connectivity index (χ1v) is 10.4. The number of hydrogen-bond acceptors (Lipinski definition) is 5. The van der Waals surface area contributed by atoms with Gasteiger partial charge in [-0.3, -0.25) is 9.69 Å². The number of rotatable bonds is 7. The Bertz CT molecular complexity index is 787. The molecule has 2 heterocycles. The maximum atomic E-state index is 13.1. The van der Waals surface area contributed by atoms with Gasteiger partial charge in [0.2, 0.25) is 17.6 Å². The van der Waals surface area contributed by atoms with Gasteiger partial charge in [0.1, 0.15) is 5.82 Å². The van der Waals surface area contributed by atoms with Gasteiger partial charge in [0, 0.05) is 17.5 Å². The van der Waals surface area contributed by atoms with Gasteiger partial charge in [-0.25, -0.2) is 4.39 Å². The van der Waals surface area contributed by atoms with E-state index in [0.717, 1.165) is 31.5 Å². The number of hydrogen-bond donors (Lipinski definition) is 1. The van der Waals surface area contributed by atoms with E-state index in [0.29, 0.717) is 30.1 Å². The van der Waals surface area contributed by atoms with Gasteiger partial charge in [0.25, 0.3) is 0 Å². The molecule has 0 spiro atoms. The number of amides is 1. The number of carbonyl (C=O) groups is 1. The molecule has 0 atom stereocenters. The normalized spacial score (nSPS) is 16.1. The van der Waals surface area contributed by atoms with E-state index in [4.69, 9.17) is 4.52 Å². The standard InChI is InChI=1S/C22H31FN4O2/c1-14(2)20(15(3)4)25-22(28)17-9-11-27(12-10-17)13-19-24-21(26-29-19)16-5-7-18(23)8-6-16/h5-8,14-15,17,20H,9-13H2,1-4H3,(H,25,28). The van der Waals surface area contributed by atoms with Gasteiger partial charge in [-0.1, -0.05) is 32.9 Å². The Labute approximate surface area is 171 Å². The maximum Gasteiger partial charge on any atom is 0.241 e. The van der Waals surface area contributed by atoms with Gasteiger partial charge in [0.15, 0.2) is 0 Å². The molecule has 7 heteroatoms. The van der Waals surface area contributed by atoms with Crippen molar-refractivity contribution in [3.8, 4) is 11.4 Å². The zero-order valence-corrected chi connectivity index (χ0v) is 17.7. The van der Waals surface area contributed by atoms with Crippen molar-refractivity contribution < 1.29 is 13.7 Å². The van der Waals surface area contributed by atoms with E-state index in [2.05, 4.69) is 48.1 Å². The average molecular weight is 403 g/mol. The summed E-state index contributed by atoms with van der Waals surface area (Å²) in [5.41, 5.74) is 0.724. The second-order valence-electron chi connectivity index (χ2n) is 8.59. The van der Waals surface area contributed by atoms with Crippen LogP contribution in [0.25, 0.3) is 11.4 Å². The third-order valence-corrected chi connectivity index (χ3v) is 5.63. The fourth-order valence-corrected chi connectivity index (χ4v) is 3.97. The van der Waals surface area contributed by atoms with Crippen molar-refractivity contribution in [3.63, 3.8) is 0 Å². The lowest BCUT2D eigenvalue weighted by molar-refractivity contribution is -0.127. The Hall–Kier alpha value is -2.28. The van der Waals surface area contributed by atoms with E-state index in [1.54, 1.807) is 12.1 Å². The van der Waals surface area contributed by atoms with Crippen molar-refractivity contribution in [2.75, 3.05) is 13.1 Å². The van der Waals surface area contributed by atoms with Crippen molar-refractivity contribution in [3.05, 3.63) is 36.0 Å². The lowest BCUT2D eigenvalue weighted by atomic mass is 9.90. The van der Waals surface area contributed by atoms with Crippen molar-refractivity contribution in [1.82, 2.24) is 20.4 Å². The van der Waals surface area contributed by atoms with Crippen molar-refractivity contribution in [1.29, 1.82) is 0 Å². The SMILES string of the molecule is CC(C)C(NC(=O)C1CCN(Cc2nc(-c3ccc(F)cc3)no2)CC1)C(C)C. The number of piperidine rings is 1. The quantitative estimate of drug-likeness (QED) is 0.761. The van der Waals surface area contributed by atoms with Crippen LogP contribution in [0.3, 0.4) is 0 Å². The van der Waals surface area contributed by atoms with Crippen LogP contribution in [-0.4, -0.2) is 40.1 Å². The van der Waals surface area contributed by atoms with Crippen molar-refractivity contribution in [2.24, 2.45) is 17.8 Å². The molecule has 0 radical (unpaired) electrons. The zero-order valence-electron chi connectivity index (χ0n) is 17.7. The molecule has 0 saturated carbocycles. The highest BCUT2D eigenvalue weighted by Gasteiger charge is 2.28. The number of carbonyl (C=O) groups excluding carboxylic acids is 1. The van der Waals surface area contributed by atoms with E-state index >= 15 is 0 Å². The molecule has 1 fully saturated rings. The Kier molecular flexibility index (Phi) is 7.00. The largest absolute Gasteiger partial charge is 0.353 e. The molecule has 29 heavy (non-hydrogen) atoms. The predicted molar refractivity (Wildman–Crippen MR) is 109 cm³/mol. The third-order valence-electron chi connectivity index (χ3n) is 5.63. The maximum absolute atomic E-state index is 13.1. The lowest BCUT2D eigenvalue weighted by Gasteiger charge is -2.33. The van der Waals surface area contributed by atoms with Crippen LogP contribution >= 0.6 is 0 Å². The molecule has 0 unspecified atom stereocenters. The Morgan fingerprint density at radius 2 is 1.79 bits per heavy atom. The number of halogens is 1. The van der Waals surface area contributed by atoms with Gasteiger partial charge in [-0.05, 0) is 62.0 Å². The molecule has 1 aliphatic heterocycles. The predicted octanol–water partition coefficient (Wildman–Crippen LogP) is 3.88. The van der Waals surface area contributed by atoms with E-state index in [1.165, 1.54) is 12.1 Å². The molecule has 0 aliphatic carbocycles. The highest BCUT2D eigenvalue weighted by molar-refractivity contribution is 5.79. The first kappa shape index (κ1) is 21.4. The summed E-state index contributed by atoms with van der Waals surface area (Å²) in [6.45, 7) is 10.8. The van der Waals surface area contributed by atoms with Crippen LogP contribution < -0.4 is 5.32 Å². The van der Waals surface area contributed by atoms with Gasteiger partial charge >= 0.3 is 0 Å². The molecule has 1 aromatic carbocycles. The first-order valence-electron chi connectivity index (χ1n) is 10.4. The van der Waals surface area contributed by atoms with E-state index in [1.807, 2.05) is 0 Å². The number of aromatic nitrogens is 2. The van der Waals surface area contributed by atoms with Crippen molar-refractivity contribution in [2.45, 2.75) is 53.1 Å². The molecule has 1 aromatic heterocycles. The molecule has 1 saturated heterocycles. The molecule has 1 amide bonds. The number of nitrogens with one attached hydrogen (secondary N) is 1. The summed E-state index contributed by atoms with van der Waals surface area (Å²) >= 11 is 0. The van der Waals surface area contributed by atoms with Gasteiger partial charge in [-0.2, -0.15) is 4.98 Å². The minimum Gasteiger partial charge on any atom is -0.353 e.